The van der Waals surface area contributed by atoms with Crippen LogP contribution in [0.5, 0.6) is 0 Å². The third-order valence-corrected chi connectivity index (χ3v) is 4.61. The molecule has 1 saturated heterocycles. The lowest BCUT2D eigenvalue weighted by atomic mass is 9.84. The minimum atomic E-state index is 0.00957. The fraction of sp³-hybridized carbons (Fsp3) is 1.00. The van der Waals surface area contributed by atoms with Gasteiger partial charge in [-0.3, -0.25) is 4.90 Å². The van der Waals surface area contributed by atoms with Crippen molar-refractivity contribution in [2.45, 2.75) is 65.1 Å². The molecule has 2 fully saturated rings. The molecule has 0 spiro atoms. The normalized spacial score (nSPS) is 30.6. The Kier molecular flexibility index (Phi) is 4.91. The van der Waals surface area contributed by atoms with Gasteiger partial charge in [-0.05, 0) is 45.6 Å². The third kappa shape index (κ3) is 4.17. The van der Waals surface area contributed by atoms with Crippen LogP contribution in [0.25, 0.3) is 0 Å². The molecule has 1 atom stereocenters. The van der Waals surface area contributed by atoms with Gasteiger partial charge in [0.1, 0.15) is 0 Å². The highest BCUT2D eigenvalue weighted by molar-refractivity contribution is 4.92. The lowest BCUT2D eigenvalue weighted by Crippen LogP contribution is -2.55. The average Bonchev–Trinajstić information content (AvgIpc) is 2.72. The topological polar surface area (TPSA) is 24.5 Å². The second-order valence-electron chi connectivity index (χ2n) is 7.35. The molecule has 1 aliphatic carbocycles. The van der Waals surface area contributed by atoms with Gasteiger partial charge in [-0.2, -0.15) is 0 Å². The number of morpholine rings is 1. The summed E-state index contributed by atoms with van der Waals surface area (Å²) in [7, 11) is 0. The molecule has 112 valence electrons. The van der Waals surface area contributed by atoms with Crippen molar-refractivity contribution in [3.8, 4) is 0 Å². The molecule has 1 heterocycles. The lowest BCUT2D eigenvalue weighted by Gasteiger charge is -2.45. The van der Waals surface area contributed by atoms with Gasteiger partial charge in [-0.1, -0.05) is 19.8 Å². The lowest BCUT2D eigenvalue weighted by molar-refractivity contribution is -0.134. The maximum Gasteiger partial charge on any atom is 0.0757 e. The number of nitrogens with zero attached hydrogens (tertiary/aromatic N) is 1. The van der Waals surface area contributed by atoms with Crippen molar-refractivity contribution in [1.29, 1.82) is 0 Å². The minimum Gasteiger partial charge on any atom is -0.370 e. The number of hydrogen-bond acceptors (Lipinski definition) is 3. The van der Waals surface area contributed by atoms with Gasteiger partial charge in [0.25, 0.3) is 0 Å². The minimum absolute atomic E-state index is 0.00957. The smallest absolute Gasteiger partial charge is 0.0757 e. The van der Waals surface area contributed by atoms with E-state index >= 15 is 0 Å². The molecule has 1 aliphatic heterocycles. The molecular weight excluding hydrogens is 236 g/mol. The van der Waals surface area contributed by atoms with Crippen LogP contribution in [-0.4, -0.2) is 49.3 Å². The second kappa shape index (κ2) is 6.11. The van der Waals surface area contributed by atoms with Crippen LogP contribution in [-0.2, 0) is 4.74 Å². The highest BCUT2D eigenvalue weighted by atomic mass is 16.5. The molecule has 0 aromatic carbocycles. The number of rotatable bonds is 5. The predicted octanol–water partition coefficient (Wildman–Crippen LogP) is 2.66. The summed E-state index contributed by atoms with van der Waals surface area (Å²) in [5.74, 6) is 0. The Labute approximate surface area is 119 Å². The maximum atomic E-state index is 6.03. The van der Waals surface area contributed by atoms with Crippen molar-refractivity contribution in [3.05, 3.63) is 0 Å². The predicted molar refractivity (Wildman–Crippen MR) is 80.5 cm³/mol. The summed E-state index contributed by atoms with van der Waals surface area (Å²) in [6.45, 7) is 14.6. The van der Waals surface area contributed by atoms with Gasteiger partial charge in [0.05, 0.1) is 11.7 Å². The largest absolute Gasteiger partial charge is 0.370 e. The molecule has 1 N–H and O–H groups in total. The summed E-state index contributed by atoms with van der Waals surface area (Å²) < 4.78 is 6.03. The monoisotopic (exact) mass is 268 g/mol. The van der Waals surface area contributed by atoms with E-state index in [1.54, 1.807) is 0 Å². The molecule has 2 aliphatic rings. The van der Waals surface area contributed by atoms with Gasteiger partial charge < -0.3 is 10.1 Å². The first-order valence-corrected chi connectivity index (χ1v) is 8.06. The SMILES string of the molecule is CCNCC1(CN2CC(C)OC(C)(C)C2)CCCC1. The second-order valence-corrected chi connectivity index (χ2v) is 7.35. The van der Waals surface area contributed by atoms with Gasteiger partial charge in [-0.25, -0.2) is 0 Å². The Morgan fingerprint density at radius 2 is 1.95 bits per heavy atom. The average molecular weight is 268 g/mol. The van der Waals surface area contributed by atoms with Crippen molar-refractivity contribution in [2.24, 2.45) is 5.41 Å². The van der Waals surface area contributed by atoms with E-state index in [0.717, 1.165) is 19.6 Å². The van der Waals surface area contributed by atoms with Crippen LogP contribution in [0, 0.1) is 5.41 Å². The van der Waals surface area contributed by atoms with Gasteiger partial charge in [0.2, 0.25) is 0 Å². The molecular formula is C16H32N2O. The molecule has 0 aromatic heterocycles. The van der Waals surface area contributed by atoms with E-state index in [1.807, 2.05) is 0 Å². The summed E-state index contributed by atoms with van der Waals surface area (Å²) >= 11 is 0. The van der Waals surface area contributed by atoms with Crippen LogP contribution in [0.2, 0.25) is 0 Å². The van der Waals surface area contributed by atoms with E-state index in [-0.39, 0.29) is 5.60 Å². The molecule has 1 unspecified atom stereocenters. The van der Waals surface area contributed by atoms with Crippen molar-refractivity contribution in [1.82, 2.24) is 10.2 Å². The quantitative estimate of drug-likeness (QED) is 0.829. The van der Waals surface area contributed by atoms with Gasteiger partial charge >= 0.3 is 0 Å². The Bertz CT molecular complexity index is 284. The molecule has 1 saturated carbocycles. The zero-order valence-electron chi connectivity index (χ0n) is 13.3. The molecule has 3 heteroatoms. The van der Waals surface area contributed by atoms with Crippen LogP contribution in [0.4, 0.5) is 0 Å². The van der Waals surface area contributed by atoms with Crippen LogP contribution in [0.3, 0.4) is 0 Å². The van der Waals surface area contributed by atoms with Crippen LogP contribution >= 0.6 is 0 Å². The fourth-order valence-corrected chi connectivity index (χ4v) is 4.09. The molecule has 19 heavy (non-hydrogen) atoms. The zero-order chi connectivity index (χ0) is 13.9. The van der Waals surface area contributed by atoms with E-state index in [2.05, 4.69) is 37.9 Å². The van der Waals surface area contributed by atoms with Crippen molar-refractivity contribution in [2.75, 3.05) is 32.7 Å². The van der Waals surface area contributed by atoms with Crippen molar-refractivity contribution in [3.63, 3.8) is 0 Å². The molecule has 3 nitrogen and oxygen atoms in total. The van der Waals surface area contributed by atoms with E-state index in [0.29, 0.717) is 11.5 Å². The fourth-order valence-electron chi connectivity index (χ4n) is 4.09. The summed E-state index contributed by atoms with van der Waals surface area (Å²) in [5.41, 5.74) is 0.527. The Morgan fingerprint density at radius 1 is 1.26 bits per heavy atom. The first-order valence-electron chi connectivity index (χ1n) is 8.06. The number of ether oxygens (including phenoxy) is 1. The zero-order valence-corrected chi connectivity index (χ0v) is 13.3. The van der Waals surface area contributed by atoms with E-state index in [9.17, 15) is 0 Å². The molecule has 2 rings (SSSR count). The Hall–Kier alpha value is -0.120. The highest BCUT2D eigenvalue weighted by Gasteiger charge is 2.39. The van der Waals surface area contributed by atoms with Crippen molar-refractivity contribution >= 4 is 0 Å². The molecule has 0 radical (unpaired) electrons. The Morgan fingerprint density at radius 3 is 2.53 bits per heavy atom. The number of hydrogen-bond donors (Lipinski definition) is 1. The molecule has 0 amide bonds. The van der Waals surface area contributed by atoms with Crippen LogP contribution in [0.15, 0.2) is 0 Å². The summed E-state index contributed by atoms with van der Waals surface area (Å²) in [4.78, 5) is 2.65. The molecule has 0 bridgehead atoms. The van der Waals surface area contributed by atoms with Crippen LogP contribution < -0.4 is 5.32 Å². The Balaban J connectivity index is 1.96. The number of nitrogens with one attached hydrogen (secondary N) is 1. The third-order valence-electron chi connectivity index (χ3n) is 4.61. The first-order chi connectivity index (χ1) is 8.95. The highest BCUT2D eigenvalue weighted by Crippen LogP contribution is 2.39. The first kappa shape index (κ1) is 15.3. The van der Waals surface area contributed by atoms with Gasteiger partial charge in [0.15, 0.2) is 0 Å². The van der Waals surface area contributed by atoms with Gasteiger partial charge in [0, 0.05) is 26.2 Å². The van der Waals surface area contributed by atoms with E-state index < -0.39 is 0 Å². The van der Waals surface area contributed by atoms with Crippen LogP contribution in [0.1, 0.15) is 53.4 Å². The summed E-state index contributed by atoms with van der Waals surface area (Å²) in [5, 5.41) is 3.59. The molecule has 0 aromatic rings. The van der Waals surface area contributed by atoms with Crippen molar-refractivity contribution < 1.29 is 4.74 Å². The summed E-state index contributed by atoms with van der Waals surface area (Å²) in [6.07, 6.45) is 5.98. The standard InChI is InChI=1S/C16H32N2O/c1-5-17-11-16(8-6-7-9-16)13-18-10-14(2)19-15(3,4)12-18/h14,17H,5-13H2,1-4H3. The van der Waals surface area contributed by atoms with Gasteiger partial charge in [-0.15, -0.1) is 0 Å². The maximum absolute atomic E-state index is 6.03. The summed E-state index contributed by atoms with van der Waals surface area (Å²) in [6, 6.07) is 0. The van der Waals surface area contributed by atoms with E-state index in [4.69, 9.17) is 4.74 Å². The van der Waals surface area contributed by atoms with E-state index in [1.165, 1.54) is 38.8 Å².